The Hall–Kier alpha value is -2.07. The summed E-state index contributed by atoms with van der Waals surface area (Å²) < 4.78 is 5.68. The van der Waals surface area contributed by atoms with Gasteiger partial charge in [-0.3, -0.25) is 14.7 Å². The third kappa shape index (κ3) is 8.46. The van der Waals surface area contributed by atoms with Crippen LogP contribution in [0.25, 0.3) is 0 Å². The zero-order valence-electron chi connectivity index (χ0n) is 19.9. The van der Waals surface area contributed by atoms with Crippen LogP contribution in [0.5, 0.6) is 0 Å². The summed E-state index contributed by atoms with van der Waals surface area (Å²) in [4.78, 5) is 20.9. The van der Waals surface area contributed by atoms with Gasteiger partial charge in [0.2, 0.25) is 0 Å². The Kier molecular flexibility index (Phi) is 13.0. The van der Waals surface area contributed by atoms with E-state index in [1.54, 1.807) is 25.3 Å². The van der Waals surface area contributed by atoms with Crippen LogP contribution in [-0.2, 0) is 6.42 Å². The molecule has 0 aliphatic carbocycles. The average molecular weight is 556 g/mol. The molecule has 1 unspecified atom stereocenters. The number of benzene rings is 1. The number of hydrogen-bond acceptors (Lipinski definition) is 4. The van der Waals surface area contributed by atoms with E-state index < -0.39 is 0 Å². The van der Waals surface area contributed by atoms with Crippen LogP contribution in [0, 0.1) is 0 Å². The molecule has 2 rings (SSSR count). The predicted molar refractivity (Wildman–Crippen MR) is 142 cm³/mol. The van der Waals surface area contributed by atoms with Crippen LogP contribution in [0.2, 0.25) is 0 Å². The Balaban J connectivity index is 0.00000512. The molecule has 1 aromatic carbocycles. The van der Waals surface area contributed by atoms with E-state index in [0.717, 1.165) is 49.9 Å². The highest BCUT2D eigenvalue weighted by molar-refractivity contribution is 14.0. The van der Waals surface area contributed by atoms with Gasteiger partial charge < -0.3 is 20.0 Å². The minimum atomic E-state index is 0. The molecule has 0 fully saturated rings. The van der Waals surface area contributed by atoms with Gasteiger partial charge in [-0.2, -0.15) is 0 Å². The highest BCUT2D eigenvalue weighted by atomic mass is 127. The number of rotatable bonds is 11. The lowest BCUT2D eigenvalue weighted by atomic mass is 10.1. The van der Waals surface area contributed by atoms with Crippen molar-refractivity contribution in [3.05, 3.63) is 59.5 Å². The number of guanidine groups is 1. The summed E-state index contributed by atoms with van der Waals surface area (Å²) in [7, 11) is 3.54. The fourth-order valence-electron chi connectivity index (χ4n) is 3.49. The minimum absolute atomic E-state index is 0. The summed E-state index contributed by atoms with van der Waals surface area (Å²) in [5.41, 5.74) is 1.83. The van der Waals surface area contributed by atoms with Crippen LogP contribution >= 0.6 is 24.0 Å². The van der Waals surface area contributed by atoms with Gasteiger partial charge in [-0.05, 0) is 56.3 Å². The fraction of sp³-hybridized carbons (Fsp3) is 0.500. The van der Waals surface area contributed by atoms with Crippen LogP contribution in [0.4, 0.5) is 0 Å². The van der Waals surface area contributed by atoms with Gasteiger partial charge in [-0.1, -0.05) is 26.0 Å². The lowest BCUT2D eigenvalue weighted by molar-refractivity contribution is 0.0827. The quantitative estimate of drug-likeness (QED) is 0.251. The zero-order valence-corrected chi connectivity index (χ0v) is 22.3. The van der Waals surface area contributed by atoms with Crippen molar-refractivity contribution in [1.82, 2.24) is 20.4 Å². The average Bonchev–Trinajstić information content (AvgIpc) is 3.30. The maximum atomic E-state index is 12.2. The van der Waals surface area contributed by atoms with Gasteiger partial charge in [0.25, 0.3) is 5.91 Å². The van der Waals surface area contributed by atoms with Gasteiger partial charge in [0, 0.05) is 32.7 Å². The lowest BCUT2D eigenvalue weighted by Gasteiger charge is -2.27. The molecule has 0 spiro atoms. The summed E-state index contributed by atoms with van der Waals surface area (Å²) in [5, 5.41) is 6.73. The molecule has 1 amide bonds. The highest BCUT2D eigenvalue weighted by Gasteiger charge is 2.20. The first-order valence-electron chi connectivity index (χ1n) is 11.1. The van der Waals surface area contributed by atoms with Crippen LogP contribution in [-0.4, -0.2) is 68.5 Å². The molecule has 0 radical (unpaired) electrons. The molecule has 178 valence electrons. The highest BCUT2D eigenvalue weighted by Crippen LogP contribution is 2.21. The molecule has 0 bridgehead atoms. The van der Waals surface area contributed by atoms with Gasteiger partial charge in [-0.15, -0.1) is 24.0 Å². The maximum Gasteiger partial charge on any atom is 0.253 e. The first kappa shape index (κ1) is 28.0. The lowest BCUT2D eigenvalue weighted by Crippen LogP contribution is -2.39. The Morgan fingerprint density at radius 2 is 1.84 bits per heavy atom. The second-order valence-electron chi connectivity index (χ2n) is 7.55. The molecule has 0 saturated heterocycles. The van der Waals surface area contributed by atoms with Crippen molar-refractivity contribution < 1.29 is 9.21 Å². The second-order valence-corrected chi connectivity index (χ2v) is 7.55. The smallest absolute Gasteiger partial charge is 0.253 e. The van der Waals surface area contributed by atoms with Gasteiger partial charge in [0.05, 0.1) is 18.8 Å². The van der Waals surface area contributed by atoms with Crippen LogP contribution in [0.15, 0.2) is 52.1 Å². The van der Waals surface area contributed by atoms with Crippen LogP contribution < -0.4 is 10.6 Å². The topological polar surface area (TPSA) is 73.1 Å². The molecular formula is C24H38IN5O2. The normalized spacial score (nSPS) is 12.2. The Bertz CT molecular complexity index is 820. The first-order valence-corrected chi connectivity index (χ1v) is 11.1. The van der Waals surface area contributed by atoms with E-state index in [1.807, 2.05) is 36.4 Å². The zero-order chi connectivity index (χ0) is 22.6. The van der Waals surface area contributed by atoms with E-state index >= 15 is 0 Å². The summed E-state index contributed by atoms with van der Waals surface area (Å²) in [6, 6.07) is 11.8. The number of halogens is 1. The van der Waals surface area contributed by atoms with Gasteiger partial charge in [0.15, 0.2) is 5.96 Å². The number of likely N-dealkylation sites (N-methyl/N-ethyl adjacent to an activating group) is 1. The molecule has 32 heavy (non-hydrogen) atoms. The third-order valence-electron chi connectivity index (χ3n) is 5.18. The van der Waals surface area contributed by atoms with Crippen molar-refractivity contribution in [2.24, 2.45) is 4.99 Å². The molecule has 0 aliphatic heterocycles. The largest absolute Gasteiger partial charge is 0.468 e. The van der Waals surface area contributed by atoms with E-state index in [0.29, 0.717) is 12.1 Å². The molecule has 2 aromatic rings. The van der Waals surface area contributed by atoms with Crippen molar-refractivity contribution in [2.45, 2.75) is 33.2 Å². The van der Waals surface area contributed by atoms with Gasteiger partial charge >= 0.3 is 0 Å². The number of carbonyl (C=O) groups is 1. The first-order chi connectivity index (χ1) is 15.0. The third-order valence-corrected chi connectivity index (χ3v) is 5.18. The summed E-state index contributed by atoms with van der Waals surface area (Å²) >= 11 is 0. The van der Waals surface area contributed by atoms with E-state index in [2.05, 4.69) is 36.3 Å². The SMILES string of the molecule is CCNC(=NCC(c1ccco1)N(CC)CC)NCCc1cccc(C(=O)N(C)C)c1.I. The molecule has 0 aliphatic rings. The van der Waals surface area contributed by atoms with Crippen molar-refractivity contribution in [3.63, 3.8) is 0 Å². The number of furan rings is 1. The summed E-state index contributed by atoms with van der Waals surface area (Å²) in [6.45, 7) is 10.4. The fourth-order valence-corrected chi connectivity index (χ4v) is 3.49. The molecule has 1 aromatic heterocycles. The number of amides is 1. The monoisotopic (exact) mass is 555 g/mol. The molecule has 2 N–H and O–H groups in total. The molecule has 1 atom stereocenters. The number of aliphatic imine (C=N–C) groups is 1. The van der Waals surface area contributed by atoms with Gasteiger partial charge in [-0.25, -0.2) is 0 Å². The second kappa shape index (κ2) is 14.9. The number of carbonyl (C=O) groups excluding carboxylic acids is 1. The van der Waals surface area contributed by atoms with E-state index in [1.165, 1.54) is 0 Å². The van der Waals surface area contributed by atoms with E-state index in [-0.39, 0.29) is 35.9 Å². The van der Waals surface area contributed by atoms with Crippen molar-refractivity contribution in [1.29, 1.82) is 0 Å². The van der Waals surface area contributed by atoms with Crippen LogP contribution in [0.3, 0.4) is 0 Å². The number of hydrogen-bond donors (Lipinski definition) is 2. The van der Waals surface area contributed by atoms with Gasteiger partial charge in [0.1, 0.15) is 5.76 Å². The molecule has 7 nitrogen and oxygen atoms in total. The van der Waals surface area contributed by atoms with Crippen molar-refractivity contribution >= 4 is 35.8 Å². The predicted octanol–water partition coefficient (Wildman–Crippen LogP) is 3.78. The molecular weight excluding hydrogens is 517 g/mol. The Labute approximate surface area is 209 Å². The molecule has 8 heteroatoms. The molecule has 0 saturated carbocycles. The molecule has 1 heterocycles. The number of nitrogens with one attached hydrogen (secondary N) is 2. The van der Waals surface area contributed by atoms with Crippen molar-refractivity contribution in [3.8, 4) is 0 Å². The summed E-state index contributed by atoms with van der Waals surface area (Å²) in [5.74, 6) is 1.74. The van der Waals surface area contributed by atoms with E-state index in [4.69, 9.17) is 9.41 Å². The minimum Gasteiger partial charge on any atom is -0.468 e. The Morgan fingerprint density at radius 1 is 1.09 bits per heavy atom. The summed E-state index contributed by atoms with van der Waals surface area (Å²) in [6.07, 6.45) is 2.52. The number of nitrogens with zero attached hydrogens (tertiary/aromatic N) is 3. The Morgan fingerprint density at radius 3 is 2.44 bits per heavy atom. The standard InChI is InChI=1S/C24H37N5O2.HI/c1-6-25-24(27-18-21(29(7-2)8-3)22-13-10-16-31-22)26-15-14-19-11-9-12-20(17-19)23(30)28(4)5;/h9-13,16-17,21H,6-8,14-15,18H2,1-5H3,(H2,25,26,27);1H. The van der Waals surface area contributed by atoms with Crippen molar-refractivity contribution in [2.75, 3.05) is 46.8 Å². The maximum absolute atomic E-state index is 12.2. The van der Waals surface area contributed by atoms with Crippen LogP contribution in [0.1, 0.15) is 48.5 Å². The van der Waals surface area contributed by atoms with E-state index in [9.17, 15) is 4.79 Å².